The van der Waals surface area contributed by atoms with Crippen LogP contribution in [0.5, 0.6) is 0 Å². The van der Waals surface area contributed by atoms with Gasteiger partial charge in [-0.2, -0.15) is 0 Å². The van der Waals surface area contributed by atoms with Crippen LogP contribution in [-0.2, 0) is 6.54 Å². The number of aryl methyl sites for hydroxylation is 1. The van der Waals surface area contributed by atoms with Gasteiger partial charge in [-0.3, -0.25) is 15.1 Å². The van der Waals surface area contributed by atoms with Crippen LogP contribution in [0.4, 0.5) is 0 Å². The molecule has 94 valence electrons. The lowest BCUT2D eigenvalue weighted by Gasteiger charge is -2.26. The van der Waals surface area contributed by atoms with Gasteiger partial charge in [0.05, 0.1) is 6.54 Å². The Balaban J connectivity index is 2.03. The SMILES string of the molecule is Cc1cc(CN2CCNCC2)oc1C(=O)NN. The highest BCUT2D eigenvalue weighted by Gasteiger charge is 2.17. The standard InChI is InChI=1S/C11H18N4O2/c1-8-6-9(17-10(8)11(16)14-12)7-15-4-2-13-3-5-15/h6,13H,2-5,7,12H2,1H3,(H,14,16). The molecular weight excluding hydrogens is 220 g/mol. The van der Waals surface area contributed by atoms with Crippen LogP contribution in [0.15, 0.2) is 10.5 Å². The van der Waals surface area contributed by atoms with Gasteiger partial charge in [-0.15, -0.1) is 0 Å². The zero-order valence-electron chi connectivity index (χ0n) is 9.95. The van der Waals surface area contributed by atoms with Crippen LogP contribution < -0.4 is 16.6 Å². The molecule has 0 spiro atoms. The van der Waals surface area contributed by atoms with E-state index in [2.05, 4.69) is 15.6 Å². The van der Waals surface area contributed by atoms with Crippen molar-refractivity contribution in [3.8, 4) is 0 Å². The zero-order valence-corrected chi connectivity index (χ0v) is 9.95. The second-order valence-electron chi connectivity index (χ2n) is 4.22. The van der Waals surface area contributed by atoms with E-state index in [4.69, 9.17) is 10.3 Å². The minimum Gasteiger partial charge on any atom is -0.454 e. The molecule has 6 heteroatoms. The second kappa shape index (κ2) is 5.31. The summed E-state index contributed by atoms with van der Waals surface area (Å²) < 4.78 is 5.52. The van der Waals surface area contributed by atoms with Crippen molar-refractivity contribution in [2.45, 2.75) is 13.5 Å². The third-order valence-electron chi connectivity index (χ3n) is 2.90. The maximum Gasteiger partial charge on any atom is 0.301 e. The Morgan fingerprint density at radius 3 is 2.94 bits per heavy atom. The molecule has 2 rings (SSSR count). The van der Waals surface area contributed by atoms with Gasteiger partial charge in [0.1, 0.15) is 5.76 Å². The first-order chi connectivity index (χ1) is 8.20. The van der Waals surface area contributed by atoms with Gasteiger partial charge < -0.3 is 9.73 Å². The Bertz CT molecular complexity index is 396. The van der Waals surface area contributed by atoms with E-state index in [1.807, 2.05) is 13.0 Å². The molecule has 0 aromatic carbocycles. The predicted octanol–water partition coefficient (Wildman–Crippen LogP) is -0.403. The summed E-state index contributed by atoms with van der Waals surface area (Å²) in [6.07, 6.45) is 0. The van der Waals surface area contributed by atoms with E-state index in [1.165, 1.54) is 0 Å². The van der Waals surface area contributed by atoms with Crippen LogP contribution in [0.3, 0.4) is 0 Å². The van der Waals surface area contributed by atoms with Gasteiger partial charge in [-0.25, -0.2) is 5.84 Å². The van der Waals surface area contributed by atoms with Crippen molar-refractivity contribution in [3.63, 3.8) is 0 Å². The minimum absolute atomic E-state index is 0.303. The molecule has 1 aliphatic heterocycles. The van der Waals surface area contributed by atoms with Crippen molar-refractivity contribution in [2.75, 3.05) is 26.2 Å². The molecule has 2 heterocycles. The number of nitrogen functional groups attached to an aromatic ring is 1. The Morgan fingerprint density at radius 2 is 2.29 bits per heavy atom. The number of piperazine rings is 1. The number of hydrogen-bond acceptors (Lipinski definition) is 5. The van der Waals surface area contributed by atoms with Gasteiger partial charge >= 0.3 is 5.91 Å². The first kappa shape index (κ1) is 12.1. The van der Waals surface area contributed by atoms with E-state index < -0.39 is 0 Å². The lowest BCUT2D eigenvalue weighted by atomic mass is 10.2. The Kier molecular flexibility index (Phi) is 3.78. The number of carbonyl (C=O) groups excluding carboxylic acids is 1. The van der Waals surface area contributed by atoms with Crippen LogP contribution in [0.2, 0.25) is 0 Å². The average molecular weight is 238 g/mol. The number of nitrogens with zero attached hydrogens (tertiary/aromatic N) is 1. The summed E-state index contributed by atoms with van der Waals surface area (Å²) in [5.74, 6) is 5.82. The topological polar surface area (TPSA) is 83.5 Å². The molecule has 0 bridgehead atoms. The molecule has 17 heavy (non-hydrogen) atoms. The van der Waals surface area contributed by atoms with Crippen molar-refractivity contribution in [2.24, 2.45) is 5.84 Å². The first-order valence-corrected chi connectivity index (χ1v) is 5.74. The summed E-state index contributed by atoms with van der Waals surface area (Å²) in [6.45, 7) is 6.57. The van der Waals surface area contributed by atoms with E-state index in [-0.39, 0.29) is 5.91 Å². The number of hydrazine groups is 1. The molecular formula is C11H18N4O2. The van der Waals surface area contributed by atoms with Gasteiger partial charge in [0.15, 0.2) is 5.76 Å². The fourth-order valence-electron chi connectivity index (χ4n) is 2.01. The molecule has 6 nitrogen and oxygen atoms in total. The monoisotopic (exact) mass is 238 g/mol. The van der Waals surface area contributed by atoms with Crippen LogP contribution in [0.1, 0.15) is 21.9 Å². The number of furan rings is 1. The third kappa shape index (κ3) is 2.85. The normalized spacial score (nSPS) is 17.1. The minimum atomic E-state index is -0.380. The number of nitrogens with one attached hydrogen (secondary N) is 2. The van der Waals surface area contributed by atoms with Crippen LogP contribution in [0.25, 0.3) is 0 Å². The first-order valence-electron chi connectivity index (χ1n) is 5.74. The van der Waals surface area contributed by atoms with Crippen molar-refractivity contribution < 1.29 is 9.21 Å². The van der Waals surface area contributed by atoms with E-state index in [0.29, 0.717) is 5.76 Å². The molecule has 4 N–H and O–H groups in total. The lowest BCUT2D eigenvalue weighted by molar-refractivity contribution is 0.0920. The maximum atomic E-state index is 11.4. The molecule has 0 unspecified atom stereocenters. The van der Waals surface area contributed by atoms with Crippen molar-refractivity contribution in [1.82, 2.24) is 15.6 Å². The Labute approximate surface area is 100 Å². The van der Waals surface area contributed by atoms with Crippen molar-refractivity contribution >= 4 is 5.91 Å². The molecule has 0 atom stereocenters. The van der Waals surface area contributed by atoms with E-state index >= 15 is 0 Å². The molecule has 1 saturated heterocycles. The van der Waals surface area contributed by atoms with Crippen molar-refractivity contribution in [3.05, 3.63) is 23.2 Å². The van der Waals surface area contributed by atoms with E-state index in [1.54, 1.807) is 0 Å². The second-order valence-corrected chi connectivity index (χ2v) is 4.22. The van der Waals surface area contributed by atoms with E-state index in [9.17, 15) is 4.79 Å². The van der Waals surface area contributed by atoms with Gasteiger partial charge in [-0.05, 0) is 13.0 Å². The van der Waals surface area contributed by atoms with Crippen LogP contribution in [0, 0.1) is 6.92 Å². The van der Waals surface area contributed by atoms with Crippen LogP contribution in [-0.4, -0.2) is 37.0 Å². The molecule has 1 amide bonds. The van der Waals surface area contributed by atoms with Crippen molar-refractivity contribution in [1.29, 1.82) is 0 Å². The number of rotatable bonds is 3. The number of carbonyl (C=O) groups is 1. The summed E-state index contributed by atoms with van der Waals surface area (Å²) in [5.41, 5.74) is 2.90. The molecule has 0 aliphatic carbocycles. The molecule has 1 aliphatic rings. The van der Waals surface area contributed by atoms with E-state index in [0.717, 1.165) is 44.0 Å². The number of amides is 1. The highest BCUT2D eigenvalue weighted by atomic mass is 16.4. The summed E-state index contributed by atoms with van der Waals surface area (Å²) in [4.78, 5) is 13.7. The zero-order chi connectivity index (χ0) is 12.3. The predicted molar refractivity (Wildman–Crippen MR) is 63.2 cm³/mol. The van der Waals surface area contributed by atoms with Gasteiger partial charge in [0.2, 0.25) is 0 Å². The van der Waals surface area contributed by atoms with Gasteiger partial charge in [-0.1, -0.05) is 0 Å². The molecule has 1 aromatic rings. The fraction of sp³-hybridized carbons (Fsp3) is 0.545. The smallest absolute Gasteiger partial charge is 0.301 e. The third-order valence-corrected chi connectivity index (χ3v) is 2.90. The quantitative estimate of drug-likeness (QED) is 0.379. The molecule has 0 radical (unpaired) electrons. The highest BCUT2D eigenvalue weighted by Crippen LogP contribution is 2.16. The molecule has 1 fully saturated rings. The maximum absolute atomic E-state index is 11.4. The van der Waals surface area contributed by atoms with Gasteiger partial charge in [0.25, 0.3) is 0 Å². The average Bonchev–Trinajstić information content (AvgIpc) is 2.70. The summed E-state index contributed by atoms with van der Waals surface area (Å²) >= 11 is 0. The number of nitrogens with two attached hydrogens (primary N) is 1. The fourth-order valence-corrected chi connectivity index (χ4v) is 2.01. The van der Waals surface area contributed by atoms with Gasteiger partial charge in [0, 0.05) is 31.7 Å². The number of hydrogen-bond donors (Lipinski definition) is 3. The lowest BCUT2D eigenvalue weighted by Crippen LogP contribution is -2.42. The highest BCUT2D eigenvalue weighted by molar-refractivity contribution is 5.92. The molecule has 1 aromatic heterocycles. The summed E-state index contributed by atoms with van der Waals surface area (Å²) in [6, 6.07) is 1.90. The largest absolute Gasteiger partial charge is 0.454 e. The molecule has 0 saturated carbocycles. The summed E-state index contributed by atoms with van der Waals surface area (Å²) in [7, 11) is 0. The Morgan fingerprint density at radius 1 is 1.59 bits per heavy atom. The summed E-state index contributed by atoms with van der Waals surface area (Å²) in [5, 5.41) is 3.29. The van der Waals surface area contributed by atoms with Crippen LogP contribution >= 0.6 is 0 Å². The Hall–Kier alpha value is -1.37.